The molecular weight excluding hydrogens is 366 g/mol. The summed E-state index contributed by atoms with van der Waals surface area (Å²) in [6.45, 7) is 2.81. The van der Waals surface area contributed by atoms with Crippen molar-refractivity contribution in [3.63, 3.8) is 0 Å². The number of morpholine rings is 1. The molecule has 0 atom stereocenters. The second kappa shape index (κ2) is 10.1. The first-order valence-electron chi connectivity index (χ1n) is 9.60. The molecule has 0 radical (unpaired) electrons. The maximum atomic E-state index is 12.8. The van der Waals surface area contributed by atoms with E-state index in [4.69, 9.17) is 10.5 Å². The van der Waals surface area contributed by atoms with Gasteiger partial charge in [0.2, 0.25) is 5.91 Å². The summed E-state index contributed by atoms with van der Waals surface area (Å²) in [7, 11) is 0. The molecular formula is C20H30ClN3O3. The summed E-state index contributed by atoms with van der Waals surface area (Å²) in [5, 5.41) is 2.96. The minimum atomic E-state index is -0.0918. The van der Waals surface area contributed by atoms with E-state index < -0.39 is 0 Å². The van der Waals surface area contributed by atoms with Gasteiger partial charge in [-0.2, -0.15) is 0 Å². The highest BCUT2D eigenvalue weighted by molar-refractivity contribution is 6.03. The molecule has 1 aliphatic carbocycles. The van der Waals surface area contributed by atoms with Crippen molar-refractivity contribution in [2.75, 3.05) is 38.2 Å². The molecule has 2 fully saturated rings. The van der Waals surface area contributed by atoms with Crippen molar-refractivity contribution in [2.24, 2.45) is 11.1 Å². The zero-order valence-electron chi connectivity index (χ0n) is 15.7. The van der Waals surface area contributed by atoms with Crippen LogP contribution >= 0.6 is 12.4 Å². The fourth-order valence-corrected chi connectivity index (χ4v) is 4.01. The third-order valence-corrected chi connectivity index (χ3v) is 5.61. The molecule has 1 aromatic carbocycles. The molecule has 0 aromatic heterocycles. The summed E-state index contributed by atoms with van der Waals surface area (Å²) in [5.74, 6) is -0.116. The Bertz CT molecular complexity index is 641. The van der Waals surface area contributed by atoms with Crippen LogP contribution < -0.4 is 11.1 Å². The summed E-state index contributed by atoms with van der Waals surface area (Å²) in [4.78, 5) is 27.3. The largest absolute Gasteiger partial charge is 0.378 e. The lowest BCUT2D eigenvalue weighted by molar-refractivity contribution is -0.118. The Labute approximate surface area is 167 Å². The van der Waals surface area contributed by atoms with Crippen molar-refractivity contribution in [2.45, 2.75) is 38.5 Å². The van der Waals surface area contributed by atoms with Gasteiger partial charge in [-0.3, -0.25) is 9.59 Å². The van der Waals surface area contributed by atoms with Gasteiger partial charge >= 0.3 is 0 Å². The van der Waals surface area contributed by atoms with Crippen LogP contribution in [0.2, 0.25) is 0 Å². The number of amides is 2. The number of carbonyl (C=O) groups excluding carboxylic acids is 2. The Morgan fingerprint density at radius 1 is 1.11 bits per heavy atom. The smallest absolute Gasteiger partial charge is 0.256 e. The van der Waals surface area contributed by atoms with Crippen LogP contribution in [0.1, 0.15) is 48.9 Å². The predicted molar refractivity (Wildman–Crippen MR) is 108 cm³/mol. The molecule has 0 unspecified atom stereocenters. The van der Waals surface area contributed by atoms with E-state index >= 15 is 0 Å². The predicted octanol–water partition coefficient (Wildman–Crippen LogP) is 2.82. The van der Waals surface area contributed by atoms with Crippen LogP contribution in [-0.4, -0.2) is 49.6 Å². The van der Waals surface area contributed by atoms with Crippen molar-refractivity contribution in [1.82, 2.24) is 4.90 Å². The van der Waals surface area contributed by atoms with E-state index in [1.165, 1.54) is 6.42 Å². The van der Waals surface area contributed by atoms with Gasteiger partial charge in [-0.25, -0.2) is 0 Å². The number of hydrogen-bond donors (Lipinski definition) is 2. The van der Waals surface area contributed by atoms with E-state index in [-0.39, 0.29) is 29.6 Å². The van der Waals surface area contributed by atoms with Gasteiger partial charge in [0.1, 0.15) is 0 Å². The van der Waals surface area contributed by atoms with Crippen LogP contribution in [0.25, 0.3) is 0 Å². The number of nitrogens with zero attached hydrogens (tertiary/aromatic N) is 1. The highest BCUT2D eigenvalue weighted by atomic mass is 35.5. The number of ether oxygens (including phenoxy) is 1. The van der Waals surface area contributed by atoms with Crippen LogP contribution in [-0.2, 0) is 9.53 Å². The zero-order chi connectivity index (χ0) is 18.4. The number of para-hydroxylation sites is 1. The maximum Gasteiger partial charge on any atom is 0.256 e. The van der Waals surface area contributed by atoms with Crippen molar-refractivity contribution in [1.29, 1.82) is 0 Å². The van der Waals surface area contributed by atoms with Gasteiger partial charge in [0.05, 0.1) is 24.5 Å². The Balaban J connectivity index is 0.00000261. The van der Waals surface area contributed by atoms with Crippen LogP contribution in [0.4, 0.5) is 5.69 Å². The molecule has 3 N–H and O–H groups in total. The van der Waals surface area contributed by atoms with Crippen LogP contribution in [0.3, 0.4) is 0 Å². The number of anilines is 1. The fraction of sp³-hybridized carbons (Fsp3) is 0.600. The summed E-state index contributed by atoms with van der Waals surface area (Å²) >= 11 is 0. The van der Waals surface area contributed by atoms with Crippen LogP contribution in [0.15, 0.2) is 24.3 Å². The van der Waals surface area contributed by atoms with Gasteiger partial charge in [0, 0.05) is 19.5 Å². The quantitative estimate of drug-likeness (QED) is 0.802. The van der Waals surface area contributed by atoms with Gasteiger partial charge in [-0.1, -0.05) is 31.4 Å². The second-order valence-electron chi connectivity index (χ2n) is 7.44. The molecule has 7 heteroatoms. The number of hydrogen-bond acceptors (Lipinski definition) is 4. The average molecular weight is 396 g/mol. The highest BCUT2D eigenvalue weighted by Crippen LogP contribution is 2.38. The molecule has 1 saturated carbocycles. The van der Waals surface area contributed by atoms with E-state index in [1.54, 1.807) is 17.0 Å². The van der Waals surface area contributed by atoms with Crippen molar-refractivity contribution in [3.05, 3.63) is 29.8 Å². The van der Waals surface area contributed by atoms with Crippen molar-refractivity contribution >= 4 is 29.9 Å². The lowest BCUT2D eigenvalue weighted by atomic mass is 9.71. The maximum absolute atomic E-state index is 12.8. The molecule has 1 saturated heterocycles. The summed E-state index contributed by atoms with van der Waals surface area (Å²) in [5.41, 5.74) is 7.03. The molecule has 2 aliphatic rings. The lowest BCUT2D eigenvalue weighted by Gasteiger charge is -2.35. The van der Waals surface area contributed by atoms with Gasteiger partial charge in [0.25, 0.3) is 5.91 Å². The normalized spacial score (nSPS) is 19.1. The zero-order valence-corrected chi connectivity index (χ0v) is 16.6. The SMILES string of the molecule is Cl.NCC1(CC(=O)Nc2ccccc2C(=O)N2CCOCC2)CCCCC1. The molecule has 3 rings (SSSR count). The Morgan fingerprint density at radius 2 is 1.78 bits per heavy atom. The monoisotopic (exact) mass is 395 g/mol. The number of halogens is 1. The summed E-state index contributed by atoms with van der Waals surface area (Å²) < 4.78 is 5.31. The van der Waals surface area contributed by atoms with Crippen LogP contribution in [0, 0.1) is 5.41 Å². The number of rotatable bonds is 5. The molecule has 1 aromatic rings. The van der Waals surface area contributed by atoms with Crippen LogP contribution in [0.5, 0.6) is 0 Å². The number of benzene rings is 1. The van der Waals surface area contributed by atoms with E-state index in [2.05, 4.69) is 5.32 Å². The van der Waals surface area contributed by atoms with Gasteiger partial charge in [0.15, 0.2) is 0 Å². The van der Waals surface area contributed by atoms with E-state index in [1.807, 2.05) is 12.1 Å². The second-order valence-corrected chi connectivity index (χ2v) is 7.44. The summed E-state index contributed by atoms with van der Waals surface area (Å²) in [6, 6.07) is 7.23. The van der Waals surface area contributed by atoms with Crippen molar-refractivity contribution in [3.8, 4) is 0 Å². The summed E-state index contributed by atoms with van der Waals surface area (Å²) in [6.07, 6.45) is 5.92. The van der Waals surface area contributed by atoms with Gasteiger partial charge in [-0.15, -0.1) is 12.4 Å². The molecule has 0 bridgehead atoms. The first-order valence-corrected chi connectivity index (χ1v) is 9.60. The van der Waals surface area contributed by atoms with Gasteiger partial charge < -0.3 is 20.7 Å². The highest BCUT2D eigenvalue weighted by Gasteiger charge is 2.33. The molecule has 1 aliphatic heterocycles. The standard InChI is InChI=1S/C20H29N3O3.ClH/c21-15-20(8-4-1-5-9-20)14-18(24)22-17-7-3-2-6-16(17)19(25)23-10-12-26-13-11-23;/h2-3,6-7H,1,4-5,8-15,21H2,(H,22,24);1H. The minimum absolute atomic E-state index is 0. The molecule has 6 nitrogen and oxygen atoms in total. The first kappa shape index (κ1) is 21.7. The third-order valence-electron chi connectivity index (χ3n) is 5.61. The van der Waals surface area contributed by atoms with E-state index in [0.717, 1.165) is 25.7 Å². The molecule has 150 valence electrons. The molecule has 27 heavy (non-hydrogen) atoms. The minimum Gasteiger partial charge on any atom is -0.378 e. The van der Waals surface area contributed by atoms with E-state index in [0.29, 0.717) is 50.5 Å². The van der Waals surface area contributed by atoms with Crippen molar-refractivity contribution < 1.29 is 14.3 Å². The lowest BCUT2D eigenvalue weighted by Crippen LogP contribution is -2.41. The Morgan fingerprint density at radius 3 is 2.44 bits per heavy atom. The fourth-order valence-electron chi connectivity index (χ4n) is 4.01. The molecule has 1 heterocycles. The topological polar surface area (TPSA) is 84.7 Å². The van der Waals surface area contributed by atoms with Gasteiger partial charge in [-0.05, 0) is 36.9 Å². The average Bonchev–Trinajstić information content (AvgIpc) is 2.69. The van der Waals surface area contributed by atoms with E-state index in [9.17, 15) is 9.59 Å². The molecule has 2 amide bonds. The number of nitrogens with one attached hydrogen (secondary N) is 1. The Kier molecular flexibility index (Phi) is 8.07. The Hall–Kier alpha value is -1.63. The first-order chi connectivity index (χ1) is 12.6. The number of carbonyl (C=O) groups is 2. The molecule has 0 spiro atoms. The third kappa shape index (κ3) is 5.43. The number of nitrogens with two attached hydrogens (primary N) is 1.